The van der Waals surface area contributed by atoms with E-state index in [1.807, 2.05) is 30.3 Å². The lowest BCUT2D eigenvalue weighted by atomic mass is 9.98. The molecule has 0 atom stereocenters. The summed E-state index contributed by atoms with van der Waals surface area (Å²) in [6.07, 6.45) is 0. The van der Waals surface area contributed by atoms with Gasteiger partial charge < -0.3 is 13.4 Å². The van der Waals surface area contributed by atoms with Crippen LogP contribution in [-0.2, 0) is 0 Å². The Morgan fingerprint density at radius 1 is 0.302 bits per heavy atom. The molecule has 0 saturated carbocycles. The Balaban J connectivity index is 0.944. The van der Waals surface area contributed by atoms with Crippen LogP contribution in [0, 0.1) is 0 Å². The van der Waals surface area contributed by atoms with Crippen LogP contribution in [0.5, 0.6) is 0 Å². The van der Waals surface area contributed by atoms with Gasteiger partial charge in [-0.1, -0.05) is 133 Å². The lowest BCUT2D eigenvalue weighted by Gasteiger charge is -2.10. The zero-order valence-corrected chi connectivity index (χ0v) is 33.7. The van der Waals surface area contributed by atoms with Crippen LogP contribution in [0.1, 0.15) is 0 Å². The Morgan fingerprint density at radius 3 is 1.48 bits per heavy atom. The molecular weight excluding hydrogens is 773 g/mol. The van der Waals surface area contributed by atoms with Gasteiger partial charge in [0.25, 0.3) is 0 Å². The lowest BCUT2D eigenvalue weighted by Crippen LogP contribution is -2.00. The van der Waals surface area contributed by atoms with Crippen LogP contribution < -0.4 is 0 Å². The molecule has 0 amide bonds. The highest BCUT2D eigenvalue weighted by atomic mass is 16.3. The zero-order chi connectivity index (χ0) is 41.4. The maximum atomic E-state index is 6.73. The summed E-state index contributed by atoms with van der Waals surface area (Å²) in [7, 11) is 0. The molecule has 0 aliphatic heterocycles. The number of furan rings is 2. The van der Waals surface area contributed by atoms with E-state index < -0.39 is 0 Å². The van der Waals surface area contributed by atoms with Crippen LogP contribution in [0.25, 0.3) is 128 Å². The molecule has 6 nitrogen and oxygen atoms in total. The van der Waals surface area contributed by atoms with Gasteiger partial charge in [0, 0.05) is 54.7 Å². The number of hydrogen-bond acceptors (Lipinski definition) is 5. The van der Waals surface area contributed by atoms with E-state index >= 15 is 0 Å². The highest BCUT2D eigenvalue weighted by molar-refractivity contribution is 6.16. The fourth-order valence-corrected chi connectivity index (χ4v) is 9.30. The second-order valence-corrected chi connectivity index (χ2v) is 16.0. The molecule has 63 heavy (non-hydrogen) atoms. The fraction of sp³-hybridized carbons (Fsp3) is 0. The van der Waals surface area contributed by atoms with Crippen molar-refractivity contribution in [3.05, 3.63) is 206 Å². The number of fused-ring (bicyclic) bond motifs is 9. The smallest absolute Gasteiger partial charge is 0.164 e. The molecular formula is C57H34N4O2. The molecule has 294 valence electrons. The first-order valence-electron chi connectivity index (χ1n) is 21.1. The van der Waals surface area contributed by atoms with Crippen molar-refractivity contribution in [3.63, 3.8) is 0 Å². The molecule has 0 saturated heterocycles. The van der Waals surface area contributed by atoms with Gasteiger partial charge in [-0.25, -0.2) is 15.0 Å². The highest BCUT2D eigenvalue weighted by Crippen LogP contribution is 2.41. The number of benzene rings is 9. The van der Waals surface area contributed by atoms with Crippen LogP contribution in [-0.4, -0.2) is 19.5 Å². The van der Waals surface area contributed by atoms with Crippen molar-refractivity contribution in [1.29, 1.82) is 0 Å². The summed E-state index contributed by atoms with van der Waals surface area (Å²) >= 11 is 0. The Bertz CT molecular complexity index is 3920. The monoisotopic (exact) mass is 806 g/mol. The number of aromatic nitrogens is 4. The molecule has 4 aromatic heterocycles. The van der Waals surface area contributed by atoms with Crippen molar-refractivity contribution in [2.45, 2.75) is 0 Å². The summed E-state index contributed by atoms with van der Waals surface area (Å²) in [6.45, 7) is 0. The normalized spacial score (nSPS) is 11.8. The number of para-hydroxylation sites is 3. The molecule has 0 bridgehead atoms. The summed E-state index contributed by atoms with van der Waals surface area (Å²) in [5, 5.41) is 6.63. The van der Waals surface area contributed by atoms with Gasteiger partial charge in [-0.3, -0.25) is 0 Å². The Hall–Kier alpha value is -8.61. The lowest BCUT2D eigenvalue weighted by molar-refractivity contribution is 0.669. The van der Waals surface area contributed by atoms with Crippen LogP contribution in [0.2, 0.25) is 0 Å². The van der Waals surface area contributed by atoms with Gasteiger partial charge in [0.1, 0.15) is 22.3 Å². The number of nitrogens with zero attached hydrogens (tertiary/aromatic N) is 4. The van der Waals surface area contributed by atoms with Crippen LogP contribution in [0.15, 0.2) is 215 Å². The molecule has 13 aromatic rings. The maximum Gasteiger partial charge on any atom is 0.164 e. The average molecular weight is 807 g/mol. The van der Waals surface area contributed by atoms with E-state index in [1.54, 1.807) is 0 Å². The predicted octanol–water partition coefficient (Wildman–Crippen LogP) is 15.1. The largest absolute Gasteiger partial charge is 0.456 e. The molecule has 0 radical (unpaired) electrons. The fourth-order valence-electron chi connectivity index (χ4n) is 9.30. The zero-order valence-electron chi connectivity index (χ0n) is 33.7. The van der Waals surface area contributed by atoms with E-state index in [4.69, 9.17) is 23.8 Å². The van der Waals surface area contributed by atoms with Gasteiger partial charge in [-0.05, 0) is 95.1 Å². The van der Waals surface area contributed by atoms with Crippen molar-refractivity contribution in [2.24, 2.45) is 0 Å². The van der Waals surface area contributed by atoms with E-state index in [-0.39, 0.29) is 0 Å². The van der Waals surface area contributed by atoms with Crippen molar-refractivity contribution in [1.82, 2.24) is 19.5 Å². The Labute approximate surface area is 361 Å². The molecule has 6 heteroatoms. The predicted molar refractivity (Wildman–Crippen MR) is 256 cm³/mol. The maximum absolute atomic E-state index is 6.73. The molecule has 0 aliphatic rings. The van der Waals surface area contributed by atoms with Crippen molar-refractivity contribution >= 4 is 65.7 Å². The van der Waals surface area contributed by atoms with Crippen LogP contribution in [0.4, 0.5) is 0 Å². The third-order valence-electron chi connectivity index (χ3n) is 12.3. The van der Waals surface area contributed by atoms with E-state index in [9.17, 15) is 0 Å². The minimum atomic E-state index is 0.550. The van der Waals surface area contributed by atoms with Gasteiger partial charge in [-0.15, -0.1) is 0 Å². The minimum absolute atomic E-state index is 0.550. The molecule has 13 rings (SSSR count). The quantitative estimate of drug-likeness (QED) is 0.167. The van der Waals surface area contributed by atoms with Crippen molar-refractivity contribution in [3.8, 4) is 62.1 Å². The van der Waals surface area contributed by atoms with Gasteiger partial charge in [0.05, 0.1) is 11.0 Å². The summed E-state index contributed by atoms with van der Waals surface area (Å²) in [6, 6.07) is 71.6. The van der Waals surface area contributed by atoms with Crippen LogP contribution in [0.3, 0.4) is 0 Å². The molecule has 0 spiro atoms. The van der Waals surface area contributed by atoms with Gasteiger partial charge in [0.2, 0.25) is 0 Å². The SMILES string of the molecule is c1ccc(-c2cccc(-c3nc(-c4ccc5c(c4)oc4ccccc45)nc(-c4ccc5c(c4)oc4cc(-c6cccc7c6c6ccccc6n7-c6ccccc6)ccc45)n3)c2)cc1. The van der Waals surface area contributed by atoms with Gasteiger partial charge in [0.15, 0.2) is 17.5 Å². The average Bonchev–Trinajstić information content (AvgIpc) is 4.03. The first-order chi connectivity index (χ1) is 31.2. The summed E-state index contributed by atoms with van der Waals surface area (Å²) < 4.78 is 15.4. The third kappa shape index (κ3) is 5.76. The summed E-state index contributed by atoms with van der Waals surface area (Å²) in [5.41, 5.74) is 13.7. The molecule has 0 aliphatic carbocycles. The van der Waals surface area contributed by atoms with E-state index in [0.29, 0.717) is 17.5 Å². The molecule has 4 heterocycles. The second kappa shape index (κ2) is 14.0. The standard InChI is InChI=1S/C57H34N4O2/c1-3-13-35(14-4-1)36-15-11-16-38(31-36)55-58-56(39-26-29-44-43-19-8-10-24-50(43)62-52(44)33-39)60-57(59-55)40-27-30-46-45-28-25-37(32-51(45)63-53(46)34-40)42-21-12-23-49-54(42)47-20-7-9-22-48(47)61(49)41-17-5-2-6-18-41/h1-34H. The Morgan fingerprint density at radius 2 is 0.778 bits per heavy atom. The first kappa shape index (κ1) is 35.2. The Kier molecular flexibility index (Phi) is 7.80. The molecule has 0 N–H and O–H groups in total. The number of rotatable bonds is 6. The van der Waals surface area contributed by atoms with Crippen molar-refractivity contribution in [2.75, 3.05) is 0 Å². The highest BCUT2D eigenvalue weighted by Gasteiger charge is 2.19. The number of hydrogen-bond donors (Lipinski definition) is 0. The second-order valence-electron chi connectivity index (χ2n) is 16.0. The summed E-state index contributed by atoms with van der Waals surface area (Å²) in [4.78, 5) is 15.4. The van der Waals surface area contributed by atoms with E-state index in [1.165, 1.54) is 16.3 Å². The third-order valence-corrected chi connectivity index (χ3v) is 12.3. The topological polar surface area (TPSA) is 69.9 Å². The molecule has 0 fully saturated rings. The molecule has 0 unspecified atom stereocenters. The molecule has 9 aromatic carbocycles. The van der Waals surface area contributed by atoms with Crippen molar-refractivity contribution < 1.29 is 8.83 Å². The van der Waals surface area contributed by atoms with E-state index in [0.717, 1.165) is 94.0 Å². The summed E-state index contributed by atoms with van der Waals surface area (Å²) in [5.74, 6) is 1.68. The van der Waals surface area contributed by atoms with E-state index in [2.05, 4.69) is 180 Å². The first-order valence-corrected chi connectivity index (χ1v) is 21.1. The van der Waals surface area contributed by atoms with Gasteiger partial charge >= 0.3 is 0 Å². The van der Waals surface area contributed by atoms with Gasteiger partial charge in [-0.2, -0.15) is 0 Å². The minimum Gasteiger partial charge on any atom is -0.456 e. The van der Waals surface area contributed by atoms with Crippen LogP contribution >= 0.6 is 0 Å².